The summed E-state index contributed by atoms with van der Waals surface area (Å²) in [6, 6.07) is 0. The Hall–Kier alpha value is -1.18. The van der Waals surface area contributed by atoms with Crippen molar-refractivity contribution in [3.63, 3.8) is 0 Å². The largest absolute Gasteiger partial charge is 0.376 e. The van der Waals surface area contributed by atoms with Crippen molar-refractivity contribution in [3.8, 4) is 0 Å². The second-order valence-corrected chi connectivity index (χ2v) is 8.36. The summed E-state index contributed by atoms with van der Waals surface area (Å²) < 4.78 is 11.7. The lowest BCUT2D eigenvalue weighted by molar-refractivity contribution is -0.0367. The van der Waals surface area contributed by atoms with E-state index in [1.54, 1.807) is 11.3 Å². The molecule has 1 atom stereocenters. The fourth-order valence-electron chi connectivity index (χ4n) is 3.43. The Morgan fingerprint density at radius 1 is 1.35 bits per heavy atom. The number of likely N-dealkylation sites (tertiary alicyclic amines) is 1. The maximum absolute atomic E-state index is 6.08. The number of nitrogens with zero attached hydrogens (tertiary/aromatic N) is 3. The molecule has 0 bridgehead atoms. The van der Waals surface area contributed by atoms with Gasteiger partial charge in [0.2, 0.25) is 0 Å². The first-order valence-corrected chi connectivity index (χ1v) is 10.7. The van der Waals surface area contributed by atoms with Crippen molar-refractivity contribution >= 4 is 17.3 Å². The standard InChI is InChI=1S/C19H32N4O2S/c1-4-20-19(21-12-18-22-14(2)15(3)26-18)23-9-7-16(8-10-23)25-13-17-6-5-11-24-17/h16-17H,4-13H2,1-3H3,(H,20,21). The Bertz CT molecular complexity index is 571. The average molecular weight is 381 g/mol. The molecule has 7 heteroatoms. The van der Waals surface area contributed by atoms with E-state index in [2.05, 4.69) is 36.0 Å². The first-order chi connectivity index (χ1) is 12.7. The minimum absolute atomic E-state index is 0.317. The molecule has 0 aromatic carbocycles. The summed E-state index contributed by atoms with van der Waals surface area (Å²) in [6.07, 6.45) is 5.08. The highest BCUT2D eigenvalue weighted by Crippen LogP contribution is 2.19. The molecule has 0 aliphatic carbocycles. The Kier molecular flexibility index (Phi) is 7.28. The highest BCUT2D eigenvalue weighted by atomic mass is 32.1. The molecule has 1 unspecified atom stereocenters. The molecule has 2 aliphatic heterocycles. The SMILES string of the molecule is CCNC(=NCc1nc(C)c(C)s1)N1CCC(OCC2CCCO2)CC1. The average Bonchev–Trinajstić information content (AvgIpc) is 3.27. The second kappa shape index (κ2) is 9.67. The first kappa shape index (κ1) is 19.6. The Labute approximate surface area is 161 Å². The summed E-state index contributed by atoms with van der Waals surface area (Å²) in [7, 11) is 0. The summed E-state index contributed by atoms with van der Waals surface area (Å²) in [5.41, 5.74) is 1.12. The number of guanidine groups is 1. The minimum atomic E-state index is 0.317. The molecule has 1 aromatic heterocycles. The fourth-order valence-corrected chi connectivity index (χ4v) is 4.29. The van der Waals surface area contributed by atoms with Gasteiger partial charge in [-0.1, -0.05) is 0 Å². The van der Waals surface area contributed by atoms with Crippen LogP contribution in [0, 0.1) is 13.8 Å². The van der Waals surface area contributed by atoms with E-state index in [9.17, 15) is 0 Å². The normalized spacial score (nSPS) is 22.2. The number of rotatable bonds is 6. The van der Waals surface area contributed by atoms with Gasteiger partial charge in [-0.15, -0.1) is 11.3 Å². The third kappa shape index (κ3) is 5.41. The van der Waals surface area contributed by atoms with Gasteiger partial charge in [-0.05, 0) is 46.5 Å². The number of piperidine rings is 1. The van der Waals surface area contributed by atoms with Crippen LogP contribution < -0.4 is 5.32 Å². The molecule has 0 radical (unpaired) electrons. The zero-order chi connectivity index (χ0) is 18.4. The lowest BCUT2D eigenvalue weighted by Crippen LogP contribution is -2.47. The van der Waals surface area contributed by atoms with Crippen molar-refractivity contribution in [1.29, 1.82) is 0 Å². The van der Waals surface area contributed by atoms with Crippen LogP contribution in [-0.4, -0.2) is 60.9 Å². The summed E-state index contributed by atoms with van der Waals surface area (Å²) in [6.45, 7) is 11.4. The van der Waals surface area contributed by atoms with Gasteiger partial charge >= 0.3 is 0 Å². The number of nitrogens with one attached hydrogen (secondary N) is 1. The third-order valence-electron chi connectivity index (χ3n) is 5.06. The molecule has 3 rings (SSSR count). The molecule has 2 aliphatic rings. The van der Waals surface area contributed by atoms with Gasteiger partial charge in [-0.2, -0.15) is 0 Å². The van der Waals surface area contributed by atoms with Crippen LogP contribution in [0.4, 0.5) is 0 Å². The van der Waals surface area contributed by atoms with Crippen molar-refractivity contribution < 1.29 is 9.47 Å². The molecule has 1 N–H and O–H groups in total. The van der Waals surface area contributed by atoms with Crippen molar-refractivity contribution in [2.75, 3.05) is 32.8 Å². The van der Waals surface area contributed by atoms with Crippen LogP contribution in [0.1, 0.15) is 48.2 Å². The number of thiazole rings is 1. The maximum Gasteiger partial charge on any atom is 0.194 e. The van der Waals surface area contributed by atoms with Crippen LogP contribution in [0.2, 0.25) is 0 Å². The minimum Gasteiger partial charge on any atom is -0.376 e. The maximum atomic E-state index is 6.08. The van der Waals surface area contributed by atoms with Crippen molar-refractivity contribution in [2.45, 2.75) is 65.2 Å². The summed E-state index contributed by atoms with van der Waals surface area (Å²) in [5.74, 6) is 0.996. The number of hydrogen-bond donors (Lipinski definition) is 1. The number of aryl methyl sites for hydroxylation is 2. The molecule has 146 valence electrons. The van der Waals surface area contributed by atoms with Gasteiger partial charge in [0.05, 0.1) is 31.1 Å². The lowest BCUT2D eigenvalue weighted by atomic mass is 10.1. The van der Waals surface area contributed by atoms with E-state index in [1.165, 1.54) is 11.3 Å². The topological polar surface area (TPSA) is 59.0 Å². The number of hydrogen-bond acceptors (Lipinski definition) is 5. The van der Waals surface area contributed by atoms with Gasteiger partial charge < -0.3 is 19.7 Å². The van der Waals surface area contributed by atoms with Crippen molar-refractivity contribution in [3.05, 3.63) is 15.6 Å². The summed E-state index contributed by atoms with van der Waals surface area (Å²) in [4.78, 5) is 13.0. The van der Waals surface area contributed by atoms with E-state index < -0.39 is 0 Å². The van der Waals surface area contributed by atoms with Crippen LogP contribution in [0.3, 0.4) is 0 Å². The van der Waals surface area contributed by atoms with Gasteiger partial charge in [0.15, 0.2) is 5.96 Å². The van der Waals surface area contributed by atoms with Crippen LogP contribution in [0.15, 0.2) is 4.99 Å². The Balaban J connectivity index is 1.48. The van der Waals surface area contributed by atoms with E-state index in [-0.39, 0.29) is 0 Å². The molecule has 26 heavy (non-hydrogen) atoms. The van der Waals surface area contributed by atoms with Gasteiger partial charge in [0.25, 0.3) is 0 Å². The highest BCUT2D eigenvalue weighted by molar-refractivity contribution is 7.11. The van der Waals surface area contributed by atoms with E-state index in [0.717, 1.165) is 68.8 Å². The summed E-state index contributed by atoms with van der Waals surface area (Å²) >= 11 is 1.74. The Morgan fingerprint density at radius 2 is 2.15 bits per heavy atom. The number of ether oxygens (including phenoxy) is 2. The van der Waals surface area contributed by atoms with E-state index in [0.29, 0.717) is 18.8 Å². The smallest absolute Gasteiger partial charge is 0.194 e. The van der Waals surface area contributed by atoms with Gasteiger partial charge in [-0.25, -0.2) is 9.98 Å². The van der Waals surface area contributed by atoms with Crippen LogP contribution in [0.25, 0.3) is 0 Å². The highest BCUT2D eigenvalue weighted by Gasteiger charge is 2.24. The first-order valence-electron chi connectivity index (χ1n) is 9.85. The zero-order valence-corrected chi connectivity index (χ0v) is 17.1. The molecule has 0 amide bonds. The summed E-state index contributed by atoms with van der Waals surface area (Å²) in [5, 5.41) is 4.52. The van der Waals surface area contributed by atoms with E-state index >= 15 is 0 Å². The third-order valence-corrected chi connectivity index (χ3v) is 6.11. The second-order valence-electron chi connectivity index (χ2n) is 7.07. The molecule has 1 aromatic rings. The monoisotopic (exact) mass is 380 g/mol. The number of aromatic nitrogens is 1. The van der Waals surface area contributed by atoms with Crippen molar-refractivity contribution in [1.82, 2.24) is 15.2 Å². The van der Waals surface area contributed by atoms with Crippen LogP contribution >= 0.6 is 11.3 Å². The predicted octanol–water partition coefficient (Wildman–Crippen LogP) is 2.89. The van der Waals surface area contributed by atoms with Crippen LogP contribution in [0.5, 0.6) is 0 Å². The van der Waals surface area contributed by atoms with Crippen molar-refractivity contribution in [2.24, 2.45) is 4.99 Å². The fraction of sp³-hybridized carbons (Fsp3) is 0.789. The molecule has 2 fully saturated rings. The zero-order valence-electron chi connectivity index (χ0n) is 16.3. The molecule has 6 nitrogen and oxygen atoms in total. The quantitative estimate of drug-likeness (QED) is 0.607. The predicted molar refractivity (Wildman–Crippen MR) is 106 cm³/mol. The molecule has 0 saturated carbocycles. The molecular formula is C19H32N4O2S. The molecular weight excluding hydrogens is 348 g/mol. The van der Waals surface area contributed by atoms with E-state index in [1.807, 2.05) is 0 Å². The lowest BCUT2D eigenvalue weighted by Gasteiger charge is -2.34. The Morgan fingerprint density at radius 3 is 2.77 bits per heavy atom. The van der Waals surface area contributed by atoms with Gasteiger partial charge in [0, 0.05) is 31.1 Å². The van der Waals surface area contributed by atoms with E-state index in [4.69, 9.17) is 14.5 Å². The van der Waals surface area contributed by atoms with Gasteiger partial charge in [0.1, 0.15) is 5.01 Å². The number of aliphatic imine (C=N–C) groups is 1. The molecule has 2 saturated heterocycles. The van der Waals surface area contributed by atoms with Gasteiger partial charge in [-0.3, -0.25) is 0 Å². The van der Waals surface area contributed by atoms with Crippen LogP contribution in [-0.2, 0) is 16.0 Å². The molecule has 0 spiro atoms. The molecule has 3 heterocycles.